The quantitative estimate of drug-likeness (QED) is 0.899. The lowest BCUT2D eigenvalue weighted by atomic mass is 9.93. The summed E-state index contributed by atoms with van der Waals surface area (Å²) in [5.41, 5.74) is 8.79. The van der Waals surface area contributed by atoms with E-state index in [0.29, 0.717) is 19.8 Å². The summed E-state index contributed by atoms with van der Waals surface area (Å²) in [7, 11) is 0. The Kier molecular flexibility index (Phi) is 3.51. The van der Waals surface area contributed by atoms with Crippen molar-refractivity contribution in [3.8, 4) is 0 Å². The Morgan fingerprint density at radius 2 is 1.89 bits per heavy atom. The molecule has 0 saturated carbocycles. The number of aryl methyl sites for hydroxylation is 1. The van der Waals surface area contributed by atoms with Crippen molar-refractivity contribution < 1.29 is 9.47 Å². The molecule has 19 heavy (non-hydrogen) atoms. The van der Waals surface area contributed by atoms with Gasteiger partial charge in [-0.3, -0.25) is 0 Å². The van der Waals surface area contributed by atoms with Gasteiger partial charge in [0.15, 0.2) is 0 Å². The Morgan fingerprint density at radius 3 is 2.63 bits per heavy atom. The van der Waals surface area contributed by atoms with E-state index in [1.807, 2.05) is 0 Å². The second-order valence-electron chi connectivity index (χ2n) is 5.03. The molecule has 1 fully saturated rings. The predicted octanol–water partition coefficient (Wildman–Crippen LogP) is 2.56. The lowest BCUT2D eigenvalue weighted by molar-refractivity contribution is -0.0974. The molecule has 2 atom stereocenters. The molecule has 0 aromatic heterocycles. The summed E-state index contributed by atoms with van der Waals surface area (Å²) in [6, 6.07) is 12.5. The number of hydrogen-bond donors (Lipinski definition) is 1. The van der Waals surface area contributed by atoms with E-state index in [1.54, 1.807) is 0 Å². The van der Waals surface area contributed by atoms with Crippen LogP contribution in [0.4, 0.5) is 0 Å². The largest absolute Gasteiger partial charge is 0.376 e. The Hall–Kier alpha value is -1.42. The number of rotatable bonds is 2. The fourth-order valence-corrected chi connectivity index (χ4v) is 2.68. The number of ether oxygens (including phenoxy) is 2. The van der Waals surface area contributed by atoms with E-state index in [9.17, 15) is 0 Å². The van der Waals surface area contributed by atoms with E-state index in [1.165, 1.54) is 16.3 Å². The van der Waals surface area contributed by atoms with Crippen LogP contribution in [-0.4, -0.2) is 25.9 Å². The van der Waals surface area contributed by atoms with Crippen molar-refractivity contribution in [2.24, 2.45) is 5.73 Å². The summed E-state index contributed by atoms with van der Waals surface area (Å²) >= 11 is 0. The van der Waals surface area contributed by atoms with Crippen LogP contribution in [0.2, 0.25) is 0 Å². The highest BCUT2D eigenvalue weighted by Crippen LogP contribution is 2.28. The lowest BCUT2D eigenvalue weighted by Crippen LogP contribution is -2.37. The topological polar surface area (TPSA) is 44.5 Å². The Morgan fingerprint density at radius 1 is 1.11 bits per heavy atom. The van der Waals surface area contributed by atoms with E-state index in [0.717, 1.165) is 5.56 Å². The third-order valence-corrected chi connectivity index (χ3v) is 3.78. The zero-order chi connectivity index (χ0) is 13.2. The van der Waals surface area contributed by atoms with Crippen molar-refractivity contribution in [2.45, 2.75) is 19.1 Å². The van der Waals surface area contributed by atoms with E-state index in [4.69, 9.17) is 15.2 Å². The molecule has 3 nitrogen and oxygen atoms in total. The van der Waals surface area contributed by atoms with Crippen LogP contribution >= 0.6 is 0 Å². The summed E-state index contributed by atoms with van der Waals surface area (Å²) in [6.07, 6.45) is -0.0557. The minimum absolute atomic E-state index is 0.0557. The molecule has 2 aromatic rings. The molecule has 1 saturated heterocycles. The van der Waals surface area contributed by atoms with Crippen molar-refractivity contribution in [2.75, 3.05) is 19.8 Å². The van der Waals surface area contributed by atoms with Gasteiger partial charge in [-0.2, -0.15) is 0 Å². The van der Waals surface area contributed by atoms with E-state index >= 15 is 0 Å². The van der Waals surface area contributed by atoms with Gasteiger partial charge < -0.3 is 15.2 Å². The van der Waals surface area contributed by atoms with E-state index in [-0.39, 0.29) is 12.1 Å². The van der Waals surface area contributed by atoms with Gasteiger partial charge in [-0.05, 0) is 28.8 Å². The van der Waals surface area contributed by atoms with Gasteiger partial charge in [0.25, 0.3) is 0 Å². The molecule has 0 radical (unpaired) electrons. The van der Waals surface area contributed by atoms with Crippen molar-refractivity contribution in [1.29, 1.82) is 0 Å². The first-order valence-corrected chi connectivity index (χ1v) is 6.70. The number of nitrogens with two attached hydrogens (primary N) is 1. The molecule has 1 heterocycles. The average molecular weight is 257 g/mol. The molecular formula is C16H19NO2. The van der Waals surface area contributed by atoms with Crippen LogP contribution < -0.4 is 5.73 Å². The Bertz CT molecular complexity index is 576. The zero-order valence-corrected chi connectivity index (χ0v) is 11.1. The number of fused-ring (bicyclic) bond motifs is 1. The smallest absolute Gasteiger partial charge is 0.100 e. The standard InChI is InChI=1S/C16H19NO2/c1-11-6-7-14(13-5-3-2-4-12(11)13)16(17)15-10-18-8-9-19-15/h2-7,15-16H,8-10,17H2,1H3. The first-order chi connectivity index (χ1) is 9.27. The molecule has 0 amide bonds. The van der Waals surface area contributed by atoms with Gasteiger partial charge in [0.2, 0.25) is 0 Å². The third-order valence-electron chi connectivity index (χ3n) is 3.78. The molecule has 0 bridgehead atoms. The summed E-state index contributed by atoms with van der Waals surface area (Å²) in [4.78, 5) is 0. The molecule has 0 spiro atoms. The minimum atomic E-state index is -0.147. The van der Waals surface area contributed by atoms with E-state index in [2.05, 4.69) is 43.3 Å². The molecule has 2 unspecified atom stereocenters. The minimum Gasteiger partial charge on any atom is -0.376 e. The van der Waals surface area contributed by atoms with Crippen LogP contribution in [0.3, 0.4) is 0 Å². The zero-order valence-electron chi connectivity index (χ0n) is 11.1. The molecule has 100 valence electrons. The summed E-state index contributed by atoms with van der Waals surface area (Å²) in [5.74, 6) is 0. The second kappa shape index (κ2) is 5.29. The molecule has 2 N–H and O–H groups in total. The van der Waals surface area contributed by atoms with Crippen molar-refractivity contribution in [1.82, 2.24) is 0 Å². The highest BCUT2D eigenvalue weighted by molar-refractivity contribution is 5.88. The third kappa shape index (κ3) is 2.37. The van der Waals surface area contributed by atoms with Gasteiger partial charge >= 0.3 is 0 Å². The molecule has 2 aromatic carbocycles. The molecule has 3 heteroatoms. The highest BCUT2D eigenvalue weighted by atomic mass is 16.6. The molecular weight excluding hydrogens is 238 g/mol. The van der Waals surface area contributed by atoms with Crippen molar-refractivity contribution in [3.05, 3.63) is 47.5 Å². The van der Waals surface area contributed by atoms with Gasteiger partial charge in [0, 0.05) is 0 Å². The maximum atomic E-state index is 6.38. The van der Waals surface area contributed by atoms with Crippen molar-refractivity contribution in [3.63, 3.8) is 0 Å². The van der Waals surface area contributed by atoms with Gasteiger partial charge in [0.1, 0.15) is 6.10 Å². The Labute approximate surface area is 113 Å². The van der Waals surface area contributed by atoms with Crippen molar-refractivity contribution >= 4 is 10.8 Å². The monoisotopic (exact) mass is 257 g/mol. The fraction of sp³-hybridized carbons (Fsp3) is 0.375. The van der Waals surface area contributed by atoms with Gasteiger partial charge in [-0.25, -0.2) is 0 Å². The van der Waals surface area contributed by atoms with Gasteiger partial charge in [0.05, 0.1) is 25.9 Å². The first kappa shape index (κ1) is 12.6. The average Bonchev–Trinajstić information content (AvgIpc) is 2.48. The lowest BCUT2D eigenvalue weighted by Gasteiger charge is -2.29. The molecule has 0 aliphatic carbocycles. The van der Waals surface area contributed by atoms with Crippen LogP contribution in [0.5, 0.6) is 0 Å². The summed E-state index contributed by atoms with van der Waals surface area (Å²) in [6.45, 7) is 3.99. The second-order valence-corrected chi connectivity index (χ2v) is 5.03. The van der Waals surface area contributed by atoms with Crippen LogP contribution in [-0.2, 0) is 9.47 Å². The summed E-state index contributed by atoms with van der Waals surface area (Å²) < 4.78 is 11.2. The SMILES string of the molecule is Cc1ccc(C(N)C2COCCO2)c2ccccc12. The molecule has 3 rings (SSSR count). The van der Waals surface area contributed by atoms with Gasteiger partial charge in [-0.1, -0.05) is 36.4 Å². The molecule has 1 aliphatic rings. The first-order valence-electron chi connectivity index (χ1n) is 6.70. The summed E-state index contributed by atoms with van der Waals surface area (Å²) in [5, 5.41) is 2.47. The number of hydrogen-bond acceptors (Lipinski definition) is 3. The normalized spacial score (nSPS) is 21.5. The van der Waals surface area contributed by atoms with Crippen LogP contribution in [0.25, 0.3) is 10.8 Å². The van der Waals surface area contributed by atoms with Crippen LogP contribution in [0, 0.1) is 6.92 Å². The number of benzene rings is 2. The van der Waals surface area contributed by atoms with Crippen LogP contribution in [0.15, 0.2) is 36.4 Å². The van der Waals surface area contributed by atoms with E-state index < -0.39 is 0 Å². The highest BCUT2D eigenvalue weighted by Gasteiger charge is 2.24. The maximum Gasteiger partial charge on any atom is 0.100 e. The molecule has 1 aliphatic heterocycles. The predicted molar refractivity (Wildman–Crippen MR) is 76.2 cm³/mol. The van der Waals surface area contributed by atoms with Gasteiger partial charge in [-0.15, -0.1) is 0 Å². The maximum absolute atomic E-state index is 6.38. The fourth-order valence-electron chi connectivity index (χ4n) is 2.68. The Balaban J connectivity index is 2.02. The van der Waals surface area contributed by atoms with Crippen LogP contribution in [0.1, 0.15) is 17.2 Å².